The van der Waals surface area contributed by atoms with Crippen LogP contribution in [0, 0.1) is 5.41 Å². The molecule has 2 aromatic carbocycles. The quantitative estimate of drug-likeness (QED) is 0.245. The van der Waals surface area contributed by atoms with Crippen LogP contribution in [0.15, 0.2) is 36.7 Å². The van der Waals surface area contributed by atoms with Gasteiger partial charge in [-0.05, 0) is 56.5 Å². The van der Waals surface area contributed by atoms with Crippen LogP contribution in [-0.2, 0) is 14.4 Å². The van der Waals surface area contributed by atoms with E-state index in [1.165, 1.54) is 13.4 Å². The van der Waals surface area contributed by atoms with Gasteiger partial charge >= 0.3 is 0 Å². The van der Waals surface area contributed by atoms with E-state index in [-0.39, 0.29) is 30.1 Å². The summed E-state index contributed by atoms with van der Waals surface area (Å²) < 4.78 is 5.58. The third kappa shape index (κ3) is 7.82. The molecule has 0 saturated carbocycles. The minimum absolute atomic E-state index is 0. The minimum atomic E-state index is -0.815. The molecule has 0 radical (unpaired) electrons. The van der Waals surface area contributed by atoms with Gasteiger partial charge in [0.2, 0.25) is 17.7 Å². The number of methoxy groups -OCH3 is 1. The van der Waals surface area contributed by atoms with Crippen molar-refractivity contribution in [3.63, 3.8) is 0 Å². The summed E-state index contributed by atoms with van der Waals surface area (Å²) in [6.07, 6.45) is 2.55. The number of aromatic nitrogens is 2. The van der Waals surface area contributed by atoms with E-state index in [4.69, 9.17) is 27.9 Å². The molecule has 4 rings (SSSR count). The third-order valence-corrected chi connectivity index (χ3v) is 8.01. The molecule has 2 heterocycles. The number of nitrogens with one attached hydrogen (secondary N) is 4. The van der Waals surface area contributed by atoms with Crippen LogP contribution >= 0.6 is 35.6 Å². The van der Waals surface area contributed by atoms with E-state index in [2.05, 4.69) is 31.2 Å². The lowest BCUT2D eigenvalue weighted by Gasteiger charge is -2.36. The summed E-state index contributed by atoms with van der Waals surface area (Å²) in [6, 6.07) is 6.47. The highest BCUT2D eigenvalue weighted by Gasteiger charge is 2.42. The number of carbonyl (C=O) groups excluding carboxylic acids is 3. The molecule has 11 nitrogen and oxygen atoms in total. The zero-order valence-electron chi connectivity index (χ0n) is 25.5. The molecule has 3 aromatic rings. The molecule has 3 atom stereocenters. The Labute approximate surface area is 273 Å². The molecule has 0 spiro atoms. The Hall–Kier alpha value is -3.38. The lowest BCUT2D eigenvalue weighted by atomic mass is 9.85. The molecule has 14 heteroatoms. The molecular weight excluding hydrogens is 629 g/mol. The van der Waals surface area contributed by atoms with Crippen LogP contribution in [0.2, 0.25) is 10.0 Å². The fraction of sp³-hybridized carbons (Fsp3) is 0.433. The van der Waals surface area contributed by atoms with E-state index >= 15 is 0 Å². The van der Waals surface area contributed by atoms with E-state index in [1.54, 1.807) is 49.2 Å². The summed E-state index contributed by atoms with van der Waals surface area (Å²) in [7, 11) is 3.18. The highest BCUT2D eigenvalue weighted by molar-refractivity contribution is 6.36. The first-order valence-electron chi connectivity index (χ1n) is 14.0. The van der Waals surface area contributed by atoms with Crippen LogP contribution in [0.1, 0.15) is 40.5 Å². The largest absolute Gasteiger partial charge is 0.494 e. The SMILES string of the molecule is CN[C@@H](C)C(=O)N[C@H](C(=O)N1CCCC1C(=O)Nc1cc2c(Nc3ccc(Cl)cc3Cl)ncnc2cc1OC)C(C)(C)C.Cl. The highest BCUT2D eigenvalue weighted by Crippen LogP contribution is 2.35. The van der Waals surface area contributed by atoms with Gasteiger partial charge in [-0.2, -0.15) is 0 Å². The number of carbonyl (C=O) groups is 3. The Morgan fingerprint density at radius 3 is 2.45 bits per heavy atom. The number of hydrogen-bond acceptors (Lipinski definition) is 8. The number of likely N-dealkylation sites (N-methyl/N-ethyl adjacent to an activating group) is 1. The van der Waals surface area contributed by atoms with Crippen LogP contribution < -0.4 is 26.0 Å². The number of anilines is 3. The molecule has 1 aromatic heterocycles. The number of halogens is 3. The van der Waals surface area contributed by atoms with Crippen molar-refractivity contribution in [3.8, 4) is 5.75 Å². The van der Waals surface area contributed by atoms with E-state index in [1.807, 2.05) is 20.8 Å². The first kappa shape index (κ1) is 35.1. The van der Waals surface area contributed by atoms with Crippen molar-refractivity contribution in [2.45, 2.75) is 58.7 Å². The van der Waals surface area contributed by atoms with Crippen molar-refractivity contribution in [1.82, 2.24) is 25.5 Å². The molecule has 44 heavy (non-hydrogen) atoms. The van der Waals surface area contributed by atoms with E-state index < -0.39 is 23.5 Å². The average molecular weight is 667 g/mol. The molecule has 1 unspecified atom stereocenters. The summed E-state index contributed by atoms with van der Waals surface area (Å²) in [5.74, 6) is -0.0926. The Morgan fingerprint density at radius 1 is 1.09 bits per heavy atom. The van der Waals surface area contributed by atoms with E-state index in [0.29, 0.717) is 63.3 Å². The monoisotopic (exact) mass is 665 g/mol. The second-order valence-corrected chi connectivity index (χ2v) is 12.4. The van der Waals surface area contributed by atoms with Crippen molar-refractivity contribution < 1.29 is 19.1 Å². The smallest absolute Gasteiger partial charge is 0.247 e. The van der Waals surface area contributed by atoms with E-state index in [0.717, 1.165) is 0 Å². The number of hydrogen-bond donors (Lipinski definition) is 4. The van der Waals surface area contributed by atoms with Crippen molar-refractivity contribution in [2.75, 3.05) is 31.3 Å². The van der Waals surface area contributed by atoms with Gasteiger partial charge in [-0.3, -0.25) is 14.4 Å². The summed E-state index contributed by atoms with van der Waals surface area (Å²) in [4.78, 5) is 50.5. The van der Waals surface area contributed by atoms with Crippen molar-refractivity contribution in [1.29, 1.82) is 0 Å². The second-order valence-electron chi connectivity index (χ2n) is 11.5. The van der Waals surface area contributed by atoms with Gasteiger partial charge in [-0.25, -0.2) is 9.97 Å². The molecule has 1 aliphatic heterocycles. The number of amides is 3. The zero-order valence-corrected chi connectivity index (χ0v) is 27.8. The summed E-state index contributed by atoms with van der Waals surface area (Å²) in [5, 5.41) is 13.5. The molecule has 1 fully saturated rings. The third-order valence-electron chi connectivity index (χ3n) is 7.46. The normalized spacial score (nSPS) is 16.1. The molecular formula is C30H38Cl3N7O4. The first-order chi connectivity index (χ1) is 20.3. The van der Waals surface area contributed by atoms with Gasteiger partial charge in [0, 0.05) is 23.0 Å². The number of benzene rings is 2. The molecule has 0 aliphatic carbocycles. The van der Waals surface area contributed by atoms with E-state index in [9.17, 15) is 14.4 Å². The van der Waals surface area contributed by atoms with Gasteiger partial charge in [-0.1, -0.05) is 44.0 Å². The van der Waals surface area contributed by atoms with Gasteiger partial charge in [-0.15, -0.1) is 12.4 Å². The summed E-state index contributed by atoms with van der Waals surface area (Å²) in [5.41, 5.74) is 0.983. The lowest BCUT2D eigenvalue weighted by Crippen LogP contribution is -2.59. The van der Waals surface area contributed by atoms with Gasteiger partial charge < -0.3 is 30.9 Å². The summed E-state index contributed by atoms with van der Waals surface area (Å²) >= 11 is 12.4. The Balaban J connectivity index is 0.00000529. The molecule has 0 bridgehead atoms. The maximum Gasteiger partial charge on any atom is 0.247 e. The highest BCUT2D eigenvalue weighted by atomic mass is 35.5. The maximum atomic E-state index is 13.8. The predicted molar refractivity (Wildman–Crippen MR) is 176 cm³/mol. The Kier molecular flexibility index (Phi) is 11.6. The molecule has 238 valence electrons. The first-order valence-corrected chi connectivity index (χ1v) is 14.7. The fourth-order valence-electron chi connectivity index (χ4n) is 4.90. The fourth-order valence-corrected chi connectivity index (χ4v) is 5.36. The standard InChI is InChI=1S/C30H37Cl2N7O4.ClH/c1-16(33-5)27(40)38-25(30(2,3)4)29(42)39-11-7-8-23(39)28(41)37-22-13-18-21(14-24(22)43-6)34-15-35-26(18)36-20-10-9-17(31)12-19(20)32;/h9-10,12-16,23,25,33H,7-8,11H2,1-6H3,(H,37,41)(H,38,40)(H,34,35,36);1H/t16-,23?,25+;/m0./s1. The van der Waals surface area contributed by atoms with Crippen LogP contribution in [0.25, 0.3) is 10.9 Å². The minimum Gasteiger partial charge on any atom is -0.494 e. The zero-order chi connectivity index (χ0) is 31.5. The second kappa shape index (κ2) is 14.6. The Morgan fingerprint density at radius 2 is 1.82 bits per heavy atom. The number of fused-ring (bicyclic) bond motifs is 1. The molecule has 1 saturated heterocycles. The van der Waals surface area contributed by atoms with Crippen LogP contribution in [0.5, 0.6) is 5.75 Å². The topological polar surface area (TPSA) is 138 Å². The lowest BCUT2D eigenvalue weighted by molar-refractivity contribution is -0.143. The molecule has 4 N–H and O–H groups in total. The average Bonchev–Trinajstić information content (AvgIpc) is 3.46. The van der Waals surface area contributed by atoms with Crippen molar-refractivity contribution in [3.05, 3.63) is 46.7 Å². The number of rotatable bonds is 9. The van der Waals surface area contributed by atoms with Crippen LogP contribution in [0.3, 0.4) is 0 Å². The molecule has 1 aliphatic rings. The van der Waals surface area contributed by atoms with Gasteiger partial charge in [0.15, 0.2) is 0 Å². The van der Waals surface area contributed by atoms with Gasteiger partial charge in [0.05, 0.1) is 35.1 Å². The Bertz CT molecular complexity index is 1530. The van der Waals surface area contributed by atoms with Crippen molar-refractivity contribution in [2.24, 2.45) is 5.41 Å². The summed E-state index contributed by atoms with van der Waals surface area (Å²) in [6.45, 7) is 7.78. The van der Waals surface area contributed by atoms with Crippen LogP contribution in [0.4, 0.5) is 17.2 Å². The molecule has 3 amide bonds. The van der Waals surface area contributed by atoms with Gasteiger partial charge in [0.25, 0.3) is 0 Å². The van der Waals surface area contributed by atoms with Crippen molar-refractivity contribution >= 4 is 81.4 Å². The predicted octanol–water partition coefficient (Wildman–Crippen LogP) is 5.18. The maximum absolute atomic E-state index is 13.8. The number of likely N-dealkylation sites (tertiary alicyclic amines) is 1. The number of ether oxygens (including phenoxy) is 1. The van der Waals surface area contributed by atoms with Crippen LogP contribution in [-0.4, -0.2) is 71.4 Å². The number of nitrogens with zero attached hydrogens (tertiary/aromatic N) is 3. The van der Waals surface area contributed by atoms with Gasteiger partial charge in [0.1, 0.15) is 30.0 Å².